The second-order valence-electron chi connectivity index (χ2n) is 5.87. The van der Waals surface area contributed by atoms with Crippen LogP contribution in [0.2, 0.25) is 0 Å². The Morgan fingerprint density at radius 3 is 2.57 bits per heavy atom. The monoisotopic (exact) mass is 310 g/mol. The van der Waals surface area contributed by atoms with Gasteiger partial charge in [-0.05, 0) is 43.0 Å². The number of carbonyl (C=O) groups excluding carboxylic acids is 1. The van der Waals surface area contributed by atoms with Crippen molar-refractivity contribution in [1.82, 2.24) is 0 Å². The summed E-state index contributed by atoms with van der Waals surface area (Å²) in [6.07, 6.45) is 2.36. The van der Waals surface area contributed by atoms with E-state index in [-0.39, 0.29) is 5.78 Å². The highest BCUT2D eigenvalue weighted by Crippen LogP contribution is 2.41. The zero-order chi connectivity index (χ0) is 16.4. The van der Waals surface area contributed by atoms with Crippen LogP contribution in [0, 0.1) is 6.92 Å². The first-order valence-electron chi connectivity index (χ1n) is 8.13. The molecule has 0 aromatic heterocycles. The Kier molecular flexibility index (Phi) is 4.37. The van der Waals surface area contributed by atoms with Crippen LogP contribution >= 0.6 is 0 Å². The molecule has 3 rings (SSSR count). The smallest absolute Gasteiger partial charge is 0.163 e. The van der Waals surface area contributed by atoms with Crippen molar-refractivity contribution in [3.63, 3.8) is 0 Å². The van der Waals surface area contributed by atoms with Gasteiger partial charge >= 0.3 is 0 Å². The van der Waals surface area contributed by atoms with Crippen molar-refractivity contribution >= 4 is 5.78 Å². The summed E-state index contributed by atoms with van der Waals surface area (Å²) < 4.78 is 11.5. The molecular weight excluding hydrogens is 288 g/mol. The number of methoxy groups -OCH3 is 1. The molecule has 0 heterocycles. The molecule has 0 spiro atoms. The third-order valence-corrected chi connectivity index (χ3v) is 4.40. The molecule has 0 unspecified atom stereocenters. The normalized spacial score (nSPS) is 13.1. The molecule has 3 heteroatoms. The predicted octanol–water partition coefficient (Wildman–Crippen LogP) is 4.59. The van der Waals surface area contributed by atoms with Crippen molar-refractivity contribution in [2.75, 3.05) is 13.7 Å². The molecule has 120 valence electrons. The average Bonchev–Trinajstić information content (AvgIpc) is 2.95. The van der Waals surface area contributed by atoms with E-state index < -0.39 is 0 Å². The molecule has 0 saturated heterocycles. The Hall–Kier alpha value is -2.29. The van der Waals surface area contributed by atoms with E-state index in [0.717, 1.165) is 52.2 Å². The van der Waals surface area contributed by atoms with Gasteiger partial charge in [-0.3, -0.25) is 4.79 Å². The maximum Gasteiger partial charge on any atom is 0.163 e. The molecular formula is C20H22O3. The second-order valence-corrected chi connectivity index (χ2v) is 5.87. The van der Waals surface area contributed by atoms with E-state index in [1.54, 1.807) is 7.11 Å². The lowest BCUT2D eigenvalue weighted by molar-refractivity contribution is 0.0994. The van der Waals surface area contributed by atoms with Gasteiger partial charge in [0.1, 0.15) is 11.5 Å². The molecule has 3 nitrogen and oxygen atoms in total. The van der Waals surface area contributed by atoms with Crippen molar-refractivity contribution in [2.24, 2.45) is 0 Å². The topological polar surface area (TPSA) is 35.5 Å². The number of fused-ring (bicyclic) bond motifs is 1. The molecule has 0 bridgehead atoms. The van der Waals surface area contributed by atoms with Gasteiger partial charge in [-0.1, -0.05) is 25.1 Å². The van der Waals surface area contributed by atoms with Gasteiger partial charge in [-0.25, -0.2) is 0 Å². The van der Waals surface area contributed by atoms with E-state index in [1.165, 1.54) is 0 Å². The molecule has 1 aliphatic carbocycles. The summed E-state index contributed by atoms with van der Waals surface area (Å²) in [5, 5.41) is 0. The minimum atomic E-state index is 0.239. The average molecular weight is 310 g/mol. The Labute approximate surface area is 137 Å². The van der Waals surface area contributed by atoms with E-state index in [9.17, 15) is 4.79 Å². The third-order valence-electron chi connectivity index (χ3n) is 4.40. The lowest BCUT2D eigenvalue weighted by atomic mass is 9.94. The van der Waals surface area contributed by atoms with Crippen molar-refractivity contribution in [1.29, 1.82) is 0 Å². The van der Waals surface area contributed by atoms with Crippen molar-refractivity contribution in [3.05, 3.63) is 47.0 Å². The summed E-state index contributed by atoms with van der Waals surface area (Å²) in [6, 6.07) is 9.98. The lowest BCUT2D eigenvalue weighted by Gasteiger charge is -2.18. The number of ether oxygens (including phenoxy) is 2. The standard InChI is InChI=1S/C20H22O3/c1-4-12-23-20-13(2)19(22-3)11-9-17(20)14-6-5-7-16-15(14)8-10-18(16)21/h5-7,9,11H,4,8,10,12H2,1-3H3. The summed E-state index contributed by atoms with van der Waals surface area (Å²) in [4.78, 5) is 12.0. The Balaban J connectivity index is 2.17. The molecule has 2 aromatic carbocycles. The molecule has 0 fully saturated rings. The maximum absolute atomic E-state index is 12.0. The van der Waals surface area contributed by atoms with Crippen LogP contribution in [0.1, 0.15) is 41.3 Å². The van der Waals surface area contributed by atoms with Gasteiger partial charge in [0, 0.05) is 23.1 Å². The first-order chi connectivity index (χ1) is 11.2. The number of carbonyl (C=O) groups is 1. The number of benzene rings is 2. The van der Waals surface area contributed by atoms with Crippen LogP contribution in [0.4, 0.5) is 0 Å². The Morgan fingerprint density at radius 2 is 1.83 bits per heavy atom. The van der Waals surface area contributed by atoms with Crippen molar-refractivity contribution in [2.45, 2.75) is 33.1 Å². The van der Waals surface area contributed by atoms with Crippen LogP contribution in [0.5, 0.6) is 11.5 Å². The van der Waals surface area contributed by atoms with Gasteiger partial charge < -0.3 is 9.47 Å². The van der Waals surface area contributed by atoms with Crippen LogP contribution in [-0.2, 0) is 6.42 Å². The summed E-state index contributed by atoms with van der Waals surface area (Å²) in [6.45, 7) is 4.77. The highest BCUT2D eigenvalue weighted by atomic mass is 16.5. The van der Waals surface area contributed by atoms with Crippen LogP contribution in [0.25, 0.3) is 11.1 Å². The van der Waals surface area contributed by atoms with Gasteiger partial charge in [0.2, 0.25) is 0 Å². The number of hydrogen-bond acceptors (Lipinski definition) is 3. The fourth-order valence-electron chi connectivity index (χ4n) is 3.24. The molecule has 0 atom stereocenters. The fourth-order valence-corrected chi connectivity index (χ4v) is 3.24. The molecule has 23 heavy (non-hydrogen) atoms. The van der Waals surface area contributed by atoms with Gasteiger partial charge in [-0.2, -0.15) is 0 Å². The Bertz CT molecular complexity index is 747. The first-order valence-corrected chi connectivity index (χ1v) is 8.13. The van der Waals surface area contributed by atoms with Crippen LogP contribution in [0.3, 0.4) is 0 Å². The van der Waals surface area contributed by atoms with Crippen LogP contribution < -0.4 is 9.47 Å². The number of ketones is 1. The van der Waals surface area contributed by atoms with E-state index in [1.807, 2.05) is 31.2 Å². The van der Waals surface area contributed by atoms with E-state index >= 15 is 0 Å². The first kappa shape index (κ1) is 15.6. The summed E-state index contributed by atoms with van der Waals surface area (Å²) in [5.74, 6) is 1.92. The lowest BCUT2D eigenvalue weighted by Crippen LogP contribution is -2.02. The van der Waals surface area contributed by atoms with Crippen molar-refractivity contribution in [3.8, 4) is 22.6 Å². The summed E-state index contributed by atoms with van der Waals surface area (Å²) in [5.41, 5.74) is 5.15. The van der Waals surface area contributed by atoms with Crippen LogP contribution in [-0.4, -0.2) is 19.5 Å². The van der Waals surface area contributed by atoms with Gasteiger partial charge in [0.15, 0.2) is 5.78 Å². The summed E-state index contributed by atoms with van der Waals surface area (Å²) in [7, 11) is 1.67. The minimum Gasteiger partial charge on any atom is -0.496 e. The minimum absolute atomic E-state index is 0.239. The predicted molar refractivity (Wildman–Crippen MR) is 91.6 cm³/mol. The maximum atomic E-state index is 12.0. The van der Waals surface area contributed by atoms with Gasteiger partial charge in [0.05, 0.1) is 13.7 Å². The highest BCUT2D eigenvalue weighted by Gasteiger charge is 2.24. The number of rotatable bonds is 5. The third kappa shape index (κ3) is 2.72. The van der Waals surface area contributed by atoms with Gasteiger partial charge in [0.25, 0.3) is 0 Å². The van der Waals surface area contributed by atoms with E-state index in [4.69, 9.17) is 9.47 Å². The largest absolute Gasteiger partial charge is 0.496 e. The van der Waals surface area contributed by atoms with Crippen molar-refractivity contribution < 1.29 is 14.3 Å². The quantitative estimate of drug-likeness (QED) is 0.810. The SMILES string of the molecule is CCCOc1c(-c2cccc3c2CCC3=O)ccc(OC)c1C. The van der Waals surface area contributed by atoms with Gasteiger partial charge in [-0.15, -0.1) is 0 Å². The zero-order valence-corrected chi connectivity index (χ0v) is 13.9. The molecule has 2 aromatic rings. The molecule has 0 amide bonds. The molecule has 1 aliphatic rings. The van der Waals surface area contributed by atoms with Crippen LogP contribution in [0.15, 0.2) is 30.3 Å². The molecule has 0 saturated carbocycles. The van der Waals surface area contributed by atoms with E-state index in [2.05, 4.69) is 13.0 Å². The van der Waals surface area contributed by atoms with E-state index in [0.29, 0.717) is 13.0 Å². The molecule has 0 aliphatic heterocycles. The number of Topliss-reactive ketones (excluding diaryl/α,β-unsaturated/α-hetero) is 1. The fraction of sp³-hybridized carbons (Fsp3) is 0.350. The zero-order valence-electron chi connectivity index (χ0n) is 13.9. The molecule has 0 radical (unpaired) electrons. The second kappa shape index (κ2) is 6.45. The number of hydrogen-bond donors (Lipinski definition) is 0. The molecule has 0 N–H and O–H groups in total. The Morgan fingerprint density at radius 1 is 1.04 bits per heavy atom. The highest BCUT2D eigenvalue weighted by molar-refractivity contribution is 6.02. The summed E-state index contributed by atoms with van der Waals surface area (Å²) >= 11 is 0.